The molecule has 1 saturated carbocycles. The molecular formula is C15H19N3S. The normalized spacial score (nSPS) is 14.6. The van der Waals surface area contributed by atoms with E-state index in [2.05, 4.69) is 51.9 Å². The van der Waals surface area contributed by atoms with Crippen LogP contribution in [0.2, 0.25) is 0 Å². The topological polar surface area (TPSA) is 28.2 Å². The van der Waals surface area contributed by atoms with Crippen molar-refractivity contribution in [2.75, 3.05) is 11.9 Å². The predicted molar refractivity (Wildman–Crippen MR) is 80.5 cm³/mol. The fraction of sp³-hybridized carbons (Fsp3) is 0.400. The van der Waals surface area contributed by atoms with Crippen LogP contribution in [-0.2, 0) is 13.1 Å². The molecule has 1 N–H and O–H groups in total. The van der Waals surface area contributed by atoms with Crippen molar-refractivity contribution >= 4 is 17.0 Å². The summed E-state index contributed by atoms with van der Waals surface area (Å²) in [7, 11) is 2.11. The van der Waals surface area contributed by atoms with Crippen LogP contribution >= 0.6 is 11.3 Å². The number of para-hydroxylation sites is 1. The minimum Gasteiger partial charge on any atom is -0.369 e. The second kappa shape index (κ2) is 5.72. The first kappa shape index (κ1) is 12.6. The number of aromatic nitrogens is 1. The van der Waals surface area contributed by atoms with Gasteiger partial charge >= 0.3 is 0 Å². The van der Waals surface area contributed by atoms with Crippen LogP contribution < -0.4 is 10.2 Å². The maximum atomic E-state index is 4.69. The summed E-state index contributed by atoms with van der Waals surface area (Å²) in [6, 6.07) is 11.2. The number of hydrogen-bond acceptors (Lipinski definition) is 4. The van der Waals surface area contributed by atoms with Gasteiger partial charge in [0.05, 0.1) is 12.2 Å². The van der Waals surface area contributed by atoms with Gasteiger partial charge in [0.25, 0.3) is 0 Å². The lowest BCUT2D eigenvalue weighted by atomic mass is 10.3. The molecule has 1 aliphatic carbocycles. The molecule has 0 unspecified atom stereocenters. The fourth-order valence-corrected chi connectivity index (χ4v) is 2.77. The summed E-state index contributed by atoms with van der Waals surface area (Å²) in [5, 5.41) is 6.87. The third-order valence-corrected chi connectivity index (χ3v) is 4.21. The van der Waals surface area contributed by atoms with Crippen molar-refractivity contribution in [3.8, 4) is 0 Å². The molecule has 1 aromatic heterocycles. The smallest absolute Gasteiger partial charge is 0.107 e. The van der Waals surface area contributed by atoms with Crippen molar-refractivity contribution in [1.82, 2.24) is 10.3 Å². The minimum atomic E-state index is 0.749. The molecule has 0 atom stereocenters. The lowest BCUT2D eigenvalue weighted by Gasteiger charge is -2.17. The number of nitrogens with zero attached hydrogens (tertiary/aromatic N) is 2. The molecule has 0 radical (unpaired) electrons. The Hall–Kier alpha value is -1.39. The molecule has 2 aromatic rings. The van der Waals surface area contributed by atoms with Crippen LogP contribution in [0, 0.1) is 0 Å². The van der Waals surface area contributed by atoms with E-state index < -0.39 is 0 Å². The van der Waals surface area contributed by atoms with Gasteiger partial charge in [-0.05, 0) is 25.0 Å². The van der Waals surface area contributed by atoms with E-state index in [-0.39, 0.29) is 0 Å². The molecule has 1 aromatic carbocycles. The van der Waals surface area contributed by atoms with Gasteiger partial charge in [-0.1, -0.05) is 18.2 Å². The summed E-state index contributed by atoms with van der Waals surface area (Å²) < 4.78 is 0. The average Bonchev–Trinajstić information content (AvgIpc) is 3.17. The van der Waals surface area contributed by atoms with Gasteiger partial charge in [-0.2, -0.15) is 0 Å². The molecule has 0 saturated heterocycles. The molecule has 0 aliphatic heterocycles. The highest BCUT2D eigenvalue weighted by atomic mass is 32.1. The zero-order valence-corrected chi connectivity index (χ0v) is 12.0. The molecule has 1 aliphatic rings. The molecule has 0 spiro atoms. The van der Waals surface area contributed by atoms with Gasteiger partial charge in [0.2, 0.25) is 0 Å². The Morgan fingerprint density at radius 2 is 2.11 bits per heavy atom. The second-order valence-electron chi connectivity index (χ2n) is 5.08. The summed E-state index contributed by atoms with van der Waals surface area (Å²) in [5.74, 6) is 0. The van der Waals surface area contributed by atoms with Crippen molar-refractivity contribution < 1.29 is 0 Å². The first-order valence-corrected chi connectivity index (χ1v) is 7.62. The Morgan fingerprint density at radius 1 is 1.32 bits per heavy atom. The Balaban J connectivity index is 1.56. The Bertz CT molecular complexity index is 519. The van der Waals surface area contributed by atoms with Crippen LogP contribution in [0.5, 0.6) is 0 Å². The van der Waals surface area contributed by atoms with Crippen LogP contribution in [0.3, 0.4) is 0 Å². The third kappa shape index (κ3) is 3.55. The molecule has 3 rings (SSSR count). The zero-order valence-electron chi connectivity index (χ0n) is 11.2. The van der Waals surface area contributed by atoms with Crippen LogP contribution in [0.1, 0.15) is 23.5 Å². The lowest BCUT2D eigenvalue weighted by molar-refractivity contribution is 0.682. The highest BCUT2D eigenvalue weighted by molar-refractivity contribution is 7.09. The minimum absolute atomic E-state index is 0.749. The summed E-state index contributed by atoms with van der Waals surface area (Å²) in [6.45, 7) is 1.79. The van der Waals surface area contributed by atoms with E-state index in [4.69, 9.17) is 0 Å². The molecular weight excluding hydrogens is 254 g/mol. The second-order valence-corrected chi connectivity index (χ2v) is 6.02. The molecule has 1 heterocycles. The average molecular weight is 273 g/mol. The Labute approximate surface area is 118 Å². The molecule has 0 amide bonds. The number of hydrogen-bond donors (Lipinski definition) is 1. The molecule has 100 valence electrons. The van der Waals surface area contributed by atoms with E-state index in [0.717, 1.165) is 24.8 Å². The number of nitrogens with one attached hydrogen (secondary N) is 1. The van der Waals surface area contributed by atoms with E-state index >= 15 is 0 Å². The van der Waals surface area contributed by atoms with E-state index in [1.165, 1.54) is 23.5 Å². The maximum Gasteiger partial charge on any atom is 0.107 e. The largest absolute Gasteiger partial charge is 0.369 e. The van der Waals surface area contributed by atoms with Gasteiger partial charge < -0.3 is 10.2 Å². The molecule has 4 heteroatoms. The molecule has 3 nitrogen and oxygen atoms in total. The summed E-state index contributed by atoms with van der Waals surface area (Å²) in [4.78, 5) is 6.92. The number of rotatable bonds is 6. The number of anilines is 1. The molecule has 19 heavy (non-hydrogen) atoms. The lowest BCUT2D eigenvalue weighted by Crippen LogP contribution is -2.17. The fourth-order valence-electron chi connectivity index (χ4n) is 2.04. The first-order valence-electron chi connectivity index (χ1n) is 6.74. The van der Waals surface area contributed by atoms with Gasteiger partial charge in [0, 0.05) is 30.7 Å². The van der Waals surface area contributed by atoms with E-state index in [1.54, 1.807) is 11.3 Å². The monoisotopic (exact) mass is 273 g/mol. The maximum absolute atomic E-state index is 4.69. The van der Waals surface area contributed by atoms with Gasteiger partial charge in [-0.25, -0.2) is 4.98 Å². The SMILES string of the molecule is CN(Cc1csc(CNC2CC2)n1)c1ccccc1. The Morgan fingerprint density at radius 3 is 2.84 bits per heavy atom. The standard InChI is InChI=1S/C15H19N3S/c1-18(14-5-3-2-4-6-14)10-13-11-19-15(17-13)9-16-12-7-8-12/h2-6,11-12,16H,7-10H2,1H3. The summed E-state index contributed by atoms with van der Waals surface area (Å²) >= 11 is 1.76. The van der Waals surface area contributed by atoms with E-state index in [9.17, 15) is 0 Å². The van der Waals surface area contributed by atoms with Crippen LogP contribution in [0.15, 0.2) is 35.7 Å². The van der Waals surface area contributed by atoms with Gasteiger partial charge in [-0.15, -0.1) is 11.3 Å². The van der Waals surface area contributed by atoms with E-state index in [0.29, 0.717) is 0 Å². The van der Waals surface area contributed by atoms with Crippen LogP contribution in [0.4, 0.5) is 5.69 Å². The summed E-state index contributed by atoms with van der Waals surface area (Å²) in [6.07, 6.45) is 2.66. The van der Waals surface area contributed by atoms with Gasteiger partial charge in [-0.3, -0.25) is 0 Å². The predicted octanol–water partition coefficient (Wildman–Crippen LogP) is 3.03. The van der Waals surface area contributed by atoms with Crippen LogP contribution in [0.25, 0.3) is 0 Å². The van der Waals surface area contributed by atoms with Crippen molar-refractivity contribution in [2.45, 2.75) is 32.0 Å². The van der Waals surface area contributed by atoms with Crippen molar-refractivity contribution in [2.24, 2.45) is 0 Å². The van der Waals surface area contributed by atoms with Gasteiger partial charge in [0.15, 0.2) is 0 Å². The molecule has 1 fully saturated rings. The highest BCUT2D eigenvalue weighted by Gasteiger charge is 2.20. The third-order valence-electron chi connectivity index (χ3n) is 3.31. The Kier molecular flexibility index (Phi) is 3.80. The quantitative estimate of drug-likeness (QED) is 0.877. The zero-order chi connectivity index (χ0) is 13.1. The van der Waals surface area contributed by atoms with E-state index in [1.807, 2.05) is 6.07 Å². The number of thiazole rings is 1. The first-order chi connectivity index (χ1) is 9.31. The van der Waals surface area contributed by atoms with Crippen LogP contribution in [-0.4, -0.2) is 18.1 Å². The van der Waals surface area contributed by atoms with Crippen molar-refractivity contribution in [1.29, 1.82) is 0 Å². The summed E-state index contributed by atoms with van der Waals surface area (Å²) in [5.41, 5.74) is 2.39. The number of benzene rings is 1. The molecule has 0 bridgehead atoms. The van der Waals surface area contributed by atoms with Crippen molar-refractivity contribution in [3.05, 3.63) is 46.4 Å². The van der Waals surface area contributed by atoms with Gasteiger partial charge in [0.1, 0.15) is 5.01 Å². The highest BCUT2D eigenvalue weighted by Crippen LogP contribution is 2.20. The van der Waals surface area contributed by atoms with Crippen molar-refractivity contribution in [3.63, 3.8) is 0 Å².